The van der Waals surface area contributed by atoms with Gasteiger partial charge in [-0.2, -0.15) is 14.6 Å². The Balaban J connectivity index is 1.66. The third-order valence-corrected chi connectivity index (χ3v) is 6.00. The van der Waals surface area contributed by atoms with E-state index in [1.807, 2.05) is 38.1 Å². The van der Waals surface area contributed by atoms with Crippen molar-refractivity contribution in [3.63, 3.8) is 0 Å². The summed E-state index contributed by atoms with van der Waals surface area (Å²) >= 11 is 1.07. The van der Waals surface area contributed by atoms with Crippen molar-refractivity contribution in [3.8, 4) is 17.2 Å². The molecule has 0 radical (unpaired) electrons. The minimum Gasteiger partial charge on any atom is -0.494 e. The second kappa shape index (κ2) is 11.1. The molecule has 0 atom stereocenters. The fraction of sp³-hybridized carbons (Fsp3) is 0.269. The fourth-order valence-corrected chi connectivity index (χ4v) is 4.35. The summed E-state index contributed by atoms with van der Waals surface area (Å²) in [6.45, 7) is 6.17. The third-order valence-electron chi connectivity index (χ3n) is 5.04. The van der Waals surface area contributed by atoms with E-state index in [0.29, 0.717) is 34.8 Å². The maximum Gasteiger partial charge on any atom is 0.308 e. The Kier molecular flexibility index (Phi) is 7.74. The SMILES string of the molecule is CCCOc1ccc(Cc2nn3c(=O)/c(=C/c4ccc(OC(C)=O)c(OCC)c4)sc3nc2=O)cc1. The molecule has 4 aromatic rings. The van der Waals surface area contributed by atoms with E-state index in [1.165, 1.54) is 6.92 Å². The number of hydrogen-bond donors (Lipinski definition) is 0. The molecule has 0 fully saturated rings. The number of benzene rings is 2. The molecule has 0 aliphatic carbocycles. The van der Waals surface area contributed by atoms with Gasteiger partial charge in [0.1, 0.15) is 11.4 Å². The van der Waals surface area contributed by atoms with Gasteiger partial charge in [0.2, 0.25) is 4.96 Å². The standard InChI is InChI=1S/C26H25N3O6S/c1-4-12-34-19-9-6-17(7-10-19)13-20-24(31)27-26-29(28-20)25(32)23(36-26)15-18-8-11-21(35-16(3)30)22(14-18)33-5-2/h6-11,14-15H,4-5,12-13H2,1-3H3/b23-15-. The zero-order valence-electron chi connectivity index (χ0n) is 20.1. The summed E-state index contributed by atoms with van der Waals surface area (Å²) in [5.74, 6) is 0.974. The highest BCUT2D eigenvalue weighted by molar-refractivity contribution is 7.15. The summed E-state index contributed by atoms with van der Waals surface area (Å²) in [5.41, 5.74) is 0.843. The van der Waals surface area contributed by atoms with E-state index >= 15 is 0 Å². The summed E-state index contributed by atoms with van der Waals surface area (Å²) in [5, 5.41) is 4.30. The molecule has 10 heteroatoms. The summed E-state index contributed by atoms with van der Waals surface area (Å²) in [6, 6.07) is 12.4. The van der Waals surface area contributed by atoms with Crippen molar-refractivity contribution in [2.24, 2.45) is 0 Å². The molecular formula is C26H25N3O6S. The highest BCUT2D eigenvalue weighted by atomic mass is 32.1. The van der Waals surface area contributed by atoms with Crippen LogP contribution in [0.4, 0.5) is 0 Å². The number of thiazole rings is 1. The molecule has 2 heterocycles. The van der Waals surface area contributed by atoms with Crippen molar-refractivity contribution in [1.29, 1.82) is 0 Å². The number of esters is 1. The molecule has 0 aliphatic rings. The lowest BCUT2D eigenvalue weighted by molar-refractivity contribution is -0.132. The van der Waals surface area contributed by atoms with Gasteiger partial charge in [-0.05, 0) is 54.8 Å². The second-order valence-corrected chi connectivity index (χ2v) is 8.88. The first-order chi connectivity index (χ1) is 17.4. The van der Waals surface area contributed by atoms with Gasteiger partial charge in [0.25, 0.3) is 11.1 Å². The van der Waals surface area contributed by atoms with Gasteiger partial charge in [0.15, 0.2) is 11.5 Å². The van der Waals surface area contributed by atoms with Crippen molar-refractivity contribution in [2.75, 3.05) is 13.2 Å². The summed E-state index contributed by atoms with van der Waals surface area (Å²) in [6.07, 6.45) is 2.81. The number of nitrogens with zero attached hydrogens (tertiary/aromatic N) is 3. The van der Waals surface area contributed by atoms with Crippen LogP contribution >= 0.6 is 11.3 Å². The number of fused-ring (bicyclic) bond motifs is 1. The maximum atomic E-state index is 13.0. The molecule has 0 saturated carbocycles. The van der Waals surface area contributed by atoms with Gasteiger partial charge in [-0.15, -0.1) is 0 Å². The highest BCUT2D eigenvalue weighted by Gasteiger charge is 2.13. The van der Waals surface area contributed by atoms with Crippen LogP contribution in [0.3, 0.4) is 0 Å². The van der Waals surface area contributed by atoms with Crippen molar-refractivity contribution in [2.45, 2.75) is 33.6 Å². The van der Waals surface area contributed by atoms with Crippen molar-refractivity contribution < 1.29 is 19.0 Å². The van der Waals surface area contributed by atoms with Crippen molar-refractivity contribution >= 4 is 28.3 Å². The normalized spacial score (nSPS) is 11.6. The van der Waals surface area contributed by atoms with Crippen molar-refractivity contribution in [3.05, 3.63) is 84.5 Å². The Morgan fingerprint density at radius 3 is 2.53 bits per heavy atom. The number of aromatic nitrogens is 3. The zero-order valence-corrected chi connectivity index (χ0v) is 21.0. The quantitative estimate of drug-likeness (QED) is 0.251. The Hall–Kier alpha value is -4.05. The van der Waals surface area contributed by atoms with Crippen LogP contribution in [0.2, 0.25) is 0 Å². The van der Waals surface area contributed by atoms with Gasteiger partial charge >= 0.3 is 5.97 Å². The van der Waals surface area contributed by atoms with E-state index < -0.39 is 11.5 Å². The molecule has 0 spiro atoms. The minimum atomic E-state index is -0.474. The van der Waals surface area contributed by atoms with Gasteiger partial charge in [-0.3, -0.25) is 14.4 Å². The third kappa shape index (κ3) is 5.77. The van der Waals surface area contributed by atoms with E-state index in [1.54, 1.807) is 24.3 Å². The van der Waals surface area contributed by atoms with Crippen LogP contribution in [0.25, 0.3) is 11.0 Å². The number of carbonyl (C=O) groups is 1. The summed E-state index contributed by atoms with van der Waals surface area (Å²) in [7, 11) is 0. The fourth-order valence-electron chi connectivity index (χ4n) is 3.44. The van der Waals surface area contributed by atoms with Crippen molar-refractivity contribution in [1.82, 2.24) is 14.6 Å². The largest absolute Gasteiger partial charge is 0.494 e. The smallest absolute Gasteiger partial charge is 0.308 e. The van der Waals surface area contributed by atoms with E-state index in [-0.39, 0.29) is 22.6 Å². The molecule has 36 heavy (non-hydrogen) atoms. The van der Waals surface area contributed by atoms with Crippen LogP contribution in [-0.2, 0) is 11.2 Å². The van der Waals surface area contributed by atoms with Crippen LogP contribution in [0.15, 0.2) is 52.1 Å². The monoisotopic (exact) mass is 507 g/mol. The van der Waals surface area contributed by atoms with Gasteiger partial charge in [0.05, 0.1) is 17.7 Å². The molecule has 2 aromatic heterocycles. The predicted octanol–water partition coefficient (Wildman–Crippen LogP) is 2.76. The average molecular weight is 508 g/mol. The summed E-state index contributed by atoms with van der Waals surface area (Å²) in [4.78, 5) is 41.3. The van der Waals surface area contributed by atoms with Crippen LogP contribution in [-0.4, -0.2) is 33.8 Å². The molecule has 0 saturated heterocycles. The minimum absolute atomic E-state index is 0.181. The molecule has 0 aliphatic heterocycles. The topological polar surface area (TPSA) is 109 Å². The van der Waals surface area contributed by atoms with E-state index in [9.17, 15) is 14.4 Å². The highest BCUT2D eigenvalue weighted by Crippen LogP contribution is 2.29. The molecule has 186 valence electrons. The maximum absolute atomic E-state index is 13.0. The molecule has 0 bridgehead atoms. The molecule has 4 rings (SSSR count). The number of carbonyl (C=O) groups excluding carboxylic acids is 1. The molecule has 2 aromatic carbocycles. The van der Waals surface area contributed by atoms with Gasteiger partial charge in [0, 0.05) is 13.3 Å². The van der Waals surface area contributed by atoms with Crippen LogP contribution < -0.4 is 29.9 Å². The van der Waals surface area contributed by atoms with E-state index in [2.05, 4.69) is 10.1 Å². The Morgan fingerprint density at radius 1 is 1.06 bits per heavy atom. The van der Waals surface area contributed by atoms with Crippen LogP contribution in [0, 0.1) is 0 Å². The lowest BCUT2D eigenvalue weighted by Crippen LogP contribution is -2.28. The molecule has 0 N–H and O–H groups in total. The van der Waals surface area contributed by atoms with Crippen LogP contribution in [0.5, 0.6) is 17.2 Å². The molecule has 9 nitrogen and oxygen atoms in total. The first-order valence-electron chi connectivity index (χ1n) is 11.5. The lowest BCUT2D eigenvalue weighted by Gasteiger charge is -2.10. The van der Waals surface area contributed by atoms with E-state index in [4.69, 9.17) is 14.2 Å². The Labute approximate surface area is 210 Å². The second-order valence-electron chi connectivity index (χ2n) is 7.88. The lowest BCUT2D eigenvalue weighted by atomic mass is 10.1. The Bertz CT molecular complexity index is 1560. The zero-order chi connectivity index (χ0) is 25.7. The van der Waals surface area contributed by atoms with Gasteiger partial charge in [-0.25, -0.2) is 0 Å². The van der Waals surface area contributed by atoms with Gasteiger partial charge in [-0.1, -0.05) is 36.5 Å². The Morgan fingerprint density at radius 2 is 1.83 bits per heavy atom. The summed E-state index contributed by atoms with van der Waals surface area (Å²) < 4.78 is 17.8. The average Bonchev–Trinajstić information content (AvgIpc) is 3.14. The number of hydrogen-bond acceptors (Lipinski definition) is 9. The number of ether oxygens (including phenoxy) is 3. The van der Waals surface area contributed by atoms with Gasteiger partial charge < -0.3 is 14.2 Å². The van der Waals surface area contributed by atoms with Crippen LogP contribution in [0.1, 0.15) is 44.0 Å². The molecule has 0 amide bonds. The number of rotatable bonds is 9. The molecule has 0 unspecified atom stereocenters. The molecular weight excluding hydrogens is 482 g/mol. The first-order valence-corrected chi connectivity index (χ1v) is 12.3. The predicted molar refractivity (Wildman–Crippen MR) is 136 cm³/mol. The van der Waals surface area contributed by atoms with E-state index in [0.717, 1.165) is 33.6 Å². The first kappa shape index (κ1) is 25.1.